The molecule has 4 heteroatoms. The Bertz CT molecular complexity index is 36.6. The van der Waals surface area contributed by atoms with Gasteiger partial charge in [-0.25, -0.2) is 0 Å². The fourth-order valence-electron chi connectivity index (χ4n) is 0. The van der Waals surface area contributed by atoms with Crippen molar-refractivity contribution < 1.29 is 0 Å². The number of hydrogen-bond donors (Lipinski definition) is 0. The number of hydrogen-bond acceptors (Lipinski definition) is 1. The van der Waals surface area contributed by atoms with Crippen molar-refractivity contribution in [2.75, 3.05) is 0 Å². The van der Waals surface area contributed by atoms with Gasteiger partial charge < -0.3 is 0 Å². The number of nitrogens with zero attached hydrogens (tertiary/aromatic N) is 1. The number of rotatable bonds is 1. The first kappa shape index (κ1) is 5.36. The minimum atomic E-state index is 0.204. The van der Waals surface area contributed by atoms with Gasteiger partial charge in [0.1, 0.15) is 0 Å². The Hall–Kier alpha value is 0.360. The van der Waals surface area contributed by atoms with Crippen molar-refractivity contribution in [2.45, 2.75) is 6.82 Å². The van der Waals surface area contributed by atoms with Gasteiger partial charge in [0, 0.05) is 0 Å². The van der Waals surface area contributed by atoms with E-state index in [0.29, 0.717) is 0 Å². The first-order valence-corrected chi connectivity index (χ1v) is 2.09. The predicted octanol–water partition coefficient (Wildman–Crippen LogP) is 0.332. The third-order valence-electron chi connectivity index (χ3n) is 0.235. The molecule has 0 fully saturated rings. The van der Waals surface area contributed by atoms with Crippen LogP contribution >= 0.6 is 9.12 Å². The normalized spacial score (nSPS) is 6.60. The van der Waals surface area contributed by atoms with Crippen LogP contribution in [0.1, 0.15) is 0 Å². The molecule has 0 aliphatic rings. The average molecular weight is 84.6 g/mol. The van der Waals surface area contributed by atoms with Crippen molar-refractivity contribution in [3.05, 3.63) is 0 Å². The van der Waals surface area contributed by atoms with Crippen LogP contribution < -0.4 is 0 Å². The summed E-state index contributed by atoms with van der Waals surface area (Å²) < 4.78 is 0. The molecule has 0 saturated heterocycles. The van der Waals surface area contributed by atoms with Gasteiger partial charge in [-0.1, -0.05) is 0 Å². The summed E-state index contributed by atoms with van der Waals surface area (Å²) in [5.41, 5.74) is 0. The van der Waals surface area contributed by atoms with Crippen LogP contribution in [0.5, 0.6) is 0 Å². The second kappa shape index (κ2) is 2.59. The maximum absolute atomic E-state index is 4.78. The van der Waals surface area contributed by atoms with Gasteiger partial charge in [-0.15, -0.1) is 0 Å². The Balaban J connectivity index is 2.83. The van der Waals surface area contributed by atoms with Gasteiger partial charge in [0.25, 0.3) is 0 Å². The van der Waals surface area contributed by atoms with Crippen LogP contribution in [0.3, 0.4) is 0 Å². The summed E-state index contributed by atoms with van der Waals surface area (Å²) in [5, 5.41) is 0. The van der Waals surface area contributed by atoms with Gasteiger partial charge in [-0.3, -0.25) is 0 Å². The fourth-order valence-corrected chi connectivity index (χ4v) is 0. The van der Waals surface area contributed by atoms with Crippen LogP contribution in [0.25, 0.3) is 0 Å². The summed E-state index contributed by atoms with van der Waals surface area (Å²) in [6.45, 7) is 2.10. The van der Waals surface area contributed by atoms with Gasteiger partial charge >= 0.3 is 35.0 Å². The molecule has 0 aromatic heterocycles. The van der Waals surface area contributed by atoms with Crippen LogP contribution in [0.4, 0.5) is 0 Å². The molecule has 0 aliphatic heterocycles. The molecule has 0 spiro atoms. The molecule has 0 amide bonds. The molecule has 5 heavy (non-hydrogen) atoms. The van der Waals surface area contributed by atoms with Crippen LogP contribution in [-0.4, -0.2) is 14.2 Å². The van der Waals surface area contributed by atoms with E-state index < -0.39 is 0 Å². The molecule has 0 saturated carbocycles. The summed E-state index contributed by atoms with van der Waals surface area (Å²) in [4.78, 5) is 3.35. The average Bonchev–Trinajstić information content (AvgIpc) is 1.38. The van der Waals surface area contributed by atoms with E-state index in [1.165, 1.54) is 0 Å². The van der Waals surface area contributed by atoms with Crippen LogP contribution in [0.15, 0.2) is 4.81 Å². The summed E-state index contributed by atoms with van der Waals surface area (Å²) in [7, 11) is 7.22. The first-order chi connectivity index (χ1) is 2.27. The molecule has 0 N–H and O–H groups in total. The van der Waals surface area contributed by atoms with E-state index in [1.807, 2.05) is 6.82 Å². The molecular weight excluding hydrogens is 79.6 g/mol. The second-order valence-electron chi connectivity index (χ2n) is 0.890. The van der Waals surface area contributed by atoms with Crippen LogP contribution in [-0.2, 0) is 0 Å². The fraction of sp³-hybridized carbons (Fsp3) is 1.00. The summed E-state index contributed by atoms with van der Waals surface area (Å²) in [6, 6.07) is 0. The van der Waals surface area contributed by atoms with E-state index in [-0.39, 0.29) is 6.57 Å². The first-order valence-electron chi connectivity index (χ1n) is 1.43. The van der Waals surface area contributed by atoms with Crippen molar-refractivity contribution in [3.8, 4) is 0 Å². The third-order valence-corrected chi connectivity index (χ3v) is 0.407. The summed E-state index contributed by atoms with van der Waals surface area (Å²) in [5.74, 6) is 0. The Morgan fingerprint density at radius 3 is 2.20 bits per heavy atom. The van der Waals surface area contributed by atoms with E-state index in [9.17, 15) is 0 Å². The third kappa shape index (κ3) is 4.36. The van der Waals surface area contributed by atoms with Crippen LogP contribution in [0.2, 0.25) is 6.82 Å². The second-order valence-corrected chi connectivity index (χ2v) is 1.85. The molecule has 1 atom stereocenters. The SMILES string of the molecule is [B]=[15N]B(C)P. The zero-order valence-corrected chi connectivity index (χ0v) is 4.33. The molecule has 0 bridgehead atoms. The Morgan fingerprint density at radius 1 is 2.00 bits per heavy atom. The molecule has 1 radical (unpaired) electrons. The van der Waals surface area contributed by atoms with Crippen molar-refractivity contribution in [1.82, 2.24) is 0 Å². The molecule has 1 nitrogen and oxygen atoms in total. The molecule has 0 aromatic rings. The topological polar surface area (TPSA) is 12.4 Å². The van der Waals surface area contributed by atoms with E-state index in [0.717, 1.165) is 0 Å². The van der Waals surface area contributed by atoms with Gasteiger partial charge in [0.2, 0.25) is 0 Å². The van der Waals surface area contributed by atoms with E-state index in [1.54, 1.807) is 0 Å². The van der Waals surface area contributed by atoms with Crippen molar-refractivity contribution in [1.29, 1.82) is 0 Å². The van der Waals surface area contributed by atoms with Crippen molar-refractivity contribution in [2.24, 2.45) is 4.81 Å². The molecule has 0 rings (SSSR count). The zero-order valence-electron chi connectivity index (χ0n) is 3.18. The monoisotopic (exact) mass is 85.0 g/mol. The van der Waals surface area contributed by atoms with E-state index >= 15 is 0 Å². The Labute approximate surface area is 35.9 Å². The maximum atomic E-state index is 4.78. The van der Waals surface area contributed by atoms with Gasteiger partial charge in [0.05, 0.1) is 0 Å². The van der Waals surface area contributed by atoms with Crippen LogP contribution in [0, 0.1) is 0 Å². The van der Waals surface area contributed by atoms with Crippen molar-refractivity contribution >= 4 is 23.3 Å². The molecule has 0 heterocycles. The Kier molecular flexibility index (Phi) is 2.78. The summed E-state index contributed by atoms with van der Waals surface area (Å²) >= 11 is 0. The zero-order chi connectivity index (χ0) is 4.28. The standard InChI is InChI=1S/CH5B2NP/c1-3(5)4-2/h5H2,1H3/i4+1. The predicted molar refractivity (Wildman–Crippen MR) is 29.5 cm³/mol. The Morgan fingerprint density at radius 2 is 2.20 bits per heavy atom. The molecular formula is CH5B2NP. The van der Waals surface area contributed by atoms with Gasteiger partial charge in [0.15, 0.2) is 0 Å². The minimum absolute atomic E-state index is 0.204. The van der Waals surface area contributed by atoms with Gasteiger partial charge in [-0.2, -0.15) is 0 Å². The quantitative estimate of drug-likeness (QED) is 0.247. The molecule has 0 aromatic carbocycles. The molecule has 1 unspecified atom stereocenters. The summed E-state index contributed by atoms with van der Waals surface area (Å²) in [6.07, 6.45) is 0. The molecule has 25 valence electrons. The van der Waals surface area contributed by atoms with Gasteiger partial charge in [-0.05, 0) is 0 Å². The van der Waals surface area contributed by atoms with E-state index in [4.69, 9.17) is 7.64 Å². The molecule has 0 aliphatic carbocycles. The van der Waals surface area contributed by atoms with E-state index in [2.05, 4.69) is 13.9 Å². The van der Waals surface area contributed by atoms with Crippen molar-refractivity contribution in [3.63, 3.8) is 0 Å².